The van der Waals surface area contributed by atoms with Gasteiger partial charge in [0, 0.05) is 19.6 Å². The van der Waals surface area contributed by atoms with Crippen molar-refractivity contribution in [3.8, 4) is 0 Å². The fourth-order valence-electron chi connectivity index (χ4n) is 4.39. The Morgan fingerprint density at radius 1 is 1.05 bits per heavy atom. The molecule has 1 heterocycles. The Bertz CT molecular complexity index is 267. The minimum atomic E-state index is -0.378. The van der Waals surface area contributed by atoms with Crippen LogP contribution >= 0.6 is 0 Å². The zero-order chi connectivity index (χ0) is 13.9. The third-order valence-electron chi connectivity index (χ3n) is 5.40. The largest absolute Gasteiger partial charge is 0.389 e. The predicted octanol–water partition coefficient (Wildman–Crippen LogP) is 3.83. The van der Waals surface area contributed by atoms with Gasteiger partial charge in [-0.15, -0.1) is 0 Å². The van der Waals surface area contributed by atoms with E-state index in [9.17, 15) is 5.11 Å². The molecule has 2 aliphatic rings. The van der Waals surface area contributed by atoms with Gasteiger partial charge in [-0.1, -0.05) is 33.6 Å². The van der Waals surface area contributed by atoms with Gasteiger partial charge in [-0.25, -0.2) is 0 Å². The van der Waals surface area contributed by atoms with Crippen LogP contribution in [0, 0.1) is 11.3 Å². The number of β-amino-alcohol motifs (C(OH)–C–C–N with tert-alkyl or cyclic N) is 1. The molecule has 1 saturated carbocycles. The number of hydrogen-bond acceptors (Lipinski definition) is 2. The highest BCUT2D eigenvalue weighted by atomic mass is 16.3. The number of hydrogen-bond donors (Lipinski definition) is 1. The van der Waals surface area contributed by atoms with E-state index in [1.165, 1.54) is 51.6 Å². The third kappa shape index (κ3) is 3.72. The number of likely N-dealkylation sites (tertiary alicyclic amines) is 1. The van der Waals surface area contributed by atoms with E-state index in [2.05, 4.69) is 25.7 Å². The molecule has 0 unspecified atom stereocenters. The molecule has 19 heavy (non-hydrogen) atoms. The molecule has 112 valence electrons. The summed E-state index contributed by atoms with van der Waals surface area (Å²) < 4.78 is 0. The van der Waals surface area contributed by atoms with E-state index < -0.39 is 0 Å². The molecule has 0 aromatic carbocycles. The lowest BCUT2D eigenvalue weighted by Crippen LogP contribution is -2.60. The fourth-order valence-corrected chi connectivity index (χ4v) is 4.39. The van der Waals surface area contributed by atoms with Crippen LogP contribution in [0.4, 0.5) is 0 Å². The van der Waals surface area contributed by atoms with E-state index >= 15 is 0 Å². The first-order valence-corrected chi connectivity index (χ1v) is 8.46. The van der Waals surface area contributed by atoms with Crippen LogP contribution in [0.25, 0.3) is 0 Å². The van der Waals surface area contributed by atoms with Crippen molar-refractivity contribution < 1.29 is 5.11 Å². The maximum atomic E-state index is 10.7. The highest BCUT2D eigenvalue weighted by Gasteiger charge is 2.44. The second kappa shape index (κ2) is 6.13. The molecule has 0 amide bonds. The first kappa shape index (κ1) is 15.3. The van der Waals surface area contributed by atoms with Crippen molar-refractivity contribution in [2.24, 2.45) is 11.3 Å². The highest BCUT2D eigenvalue weighted by molar-refractivity contribution is 4.98. The minimum absolute atomic E-state index is 0.378. The fraction of sp³-hybridized carbons (Fsp3) is 1.00. The molecule has 1 aliphatic carbocycles. The zero-order valence-electron chi connectivity index (χ0n) is 13.2. The van der Waals surface area contributed by atoms with Crippen molar-refractivity contribution in [3.05, 3.63) is 0 Å². The zero-order valence-corrected chi connectivity index (χ0v) is 13.2. The topological polar surface area (TPSA) is 23.5 Å². The van der Waals surface area contributed by atoms with Crippen LogP contribution in [-0.4, -0.2) is 35.2 Å². The second-order valence-electron chi connectivity index (χ2n) is 7.55. The lowest BCUT2D eigenvalue weighted by molar-refractivity contribution is -0.0919. The molecule has 2 rings (SSSR count). The summed E-state index contributed by atoms with van der Waals surface area (Å²) in [6.45, 7) is 10.3. The van der Waals surface area contributed by atoms with Crippen LogP contribution in [0.3, 0.4) is 0 Å². The summed E-state index contributed by atoms with van der Waals surface area (Å²) in [6, 6.07) is 0. The number of nitrogens with zero attached hydrogens (tertiary/aromatic N) is 1. The molecule has 0 aromatic rings. The van der Waals surface area contributed by atoms with Gasteiger partial charge in [-0.05, 0) is 49.9 Å². The van der Waals surface area contributed by atoms with Crippen LogP contribution in [-0.2, 0) is 0 Å². The van der Waals surface area contributed by atoms with E-state index in [0.717, 1.165) is 25.3 Å². The molecule has 0 aromatic heterocycles. The summed E-state index contributed by atoms with van der Waals surface area (Å²) in [5, 5.41) is 10.7. The predicted molar refractivity (Wildman–Crippen MR) is 81.3 cm³/mol. The summed E-state index contributed by atoms with van der Waals surface area (Å²) in [4.78, 5) is 2.52. The Kier molecular flexibility index (Phi) is 4.94. The van der Waals surface area contributed by atoms with Crippen LogP contribution in [0.2, 0.25) is 0 Å². The van der Waals surface area contributed by atoms with Gasteiger partial charge >= 0.3 is 0 Å². The lowest BCUT2D eigenvalue weighted by Gasteiger charge is -2.53. The molecular formula is C17H33NO. The Morgan fingerprint density at radius 2 is 1.58 bits per heavy atom. The van der Waals surface area contributed by atoms with E-state index in [4.69, 9.17) is 0 Å². The summed E-state index contributed by atoms with van der Waals surface area (Å²) in [7, 11) is 0. The monoisotopic (exact) mass is 267 g/mol. The van der Waals surface area contributed by atoms with Crippen LogP contribution in [0.15, 0.2) is 0 Å². The van der Waals surface area contributed by atoms with Crippen molar-refractivity contribution in [1.29, 1.82) is 0 Å². The lowest BCUT2D eigenvalue weighted by atomic mass is 9.71. The van der Waals surface area contributed by atoms with Gasteiger partial charge in [0.15, 0.2) is 0 Å². The molecule has 0 radical (unpaired) electrons. The Morgan fingerprint density at radius 3 is 2.05 bits per heavy atom. The smallest absolute Gasteiger partial charge is 0.0774 e. The van der Waals surface area contributed by atoms with Gasteiger partial charge < -0.3 is 5.11 Å². The van der Waals surface area contributed by atoms with Gasteiger partial charge in [-0.2, -0.15) is 0 Å². The quantitative estimate of drug-likeness (QED) is 0.790. The van der Waals surface area contributed by atoms with Crippen molar-refractivity contribution >= 4 is 0 Å². The van der Waals surface area contributed by atoms with Crippen LogP contribution in [0.5, 0.6) is 0 Å². The Hall–Kier alpha value is -0.0800. The van der Waals surface area contributed by atoms with Crippen molar-refractivity contribution in [2.45, 2.75) is 77.7 Å². The molecule has 1 saturated heterocycles. The van der Waals surface area contributed by atoms with Crippen LogP contribution in [0.1, 0.15) is 72.1 Å². The van der Waals surface area contributed by atoms with Crippen molar-refractivity contribution in [3.63, 3.8) is 0 Å². The van der Waals surface area contributed by atoms with Gasteiger partial charge in [-0.3, -0.25) is 4.90 Å². The molecule has 0 bridgehead atoms. The second-order valence-corrected chi connectivity index (χ2v) is 7.55. The molecule has 0 spiro atoms. The molecule has 1 N–H and O–H groups in total. The number of aliphatic hydroxyl groups is 1. The molecule has 2 heteroatoms. The molecular weight excluding hydrogens is 234 g/mol. The van der Waals surface area contributed by atoms with Crippen LogP contribution < -0.4 is 0 Å². The van der Waals surface area contributed by atoms with E-state index in [1.807, 2.05) is 0 Å². The normalized spacial score (nSPS) is 35.1. The van der Waals surface area contributed by atoms with Gasteiger partial charge in [0.05, 0.1) is 5.60 Å². The third-order valence-corrected chi connectivity index (χ3v) is 5.40. The average molecular weight is 267 g/mol. The maximum absolute atomic E-state index is 10.7. The van der Waals surface area contributed by atoms with Crippen molar-refractivity contribution in [2.75, 3.05) is 19.6 Å². The van der Waals surface area contributed by atoms with Gasteiger partial charge in [0.2, 0.25) is 0 Å². The molecule has 2 fully saturated rings. The van der Waals surface area contributed by atoms with E-state index in [-0.39, 0.29) is 5.60 Å². The molecule has 2 nitrogen and oxygen atoms in total. The summed E-state index contributed by atoms with van der Waals surface area (Å²) in [5.74, 6) is 0.816. The summed E-state index contributed by atoms with van der Waals surface area (Å²) in [6.07, 6.45) is 9.78. The Labute approximate surface area is 119 Å². The SMILES string of the molecule is CCCC1(CCC)CN(CC2(O)CCC(C)CC2)C1. The summed E-state index contributed by atoms with van der Waals surface area (Å²) >= 11 is 0. The van der Waals surface area contributed by atoms with Gasteiger partial charge in [0.1, 0.15) is 0 Å². The van der Waals surface area contributed by atoms with Crippen molar-refractivity contribution in [1.82, 2.24) is 4.90 Å². The first-order valence-electron chi connectivity index (χ1n) is 8.46. The van der Waals surface area contributed by atoms with Gasteiger partial charge in [0.25, 0.3) is 0 Å². The van der Waals surface area contributed by atoms with E-state index in [1.54, 1.807) is 0 Å². The summed E-state index contributed by atoms with van der Waals surface area (Å²) in [5.41, 5.74) is 0.207. The molecule has 1 aliphatic heterocycles. The maximum Gasteiger partial charge on any atom is 0.0774 e. The molecule has 0 atom stereocenters. The number of rotatable bonds is 6. The average Bonchev–Trinajstić information content (AvgIpc) is 2.32. The first-order chi connectivity index (χ1) is 9.01. The Balaban J connectivity index is 1.80. The minimum Gasteiger partial charge on any atom is -0.389 e. The highest BCUT2D eigenvalue weighted by Crippen LogP contribution is 2.41. The van der Waals surface area contributed by atoms with E-state index in [0.29, 0.717) is 5.41 Å². The standard InChI is InChI=1S/C17H33NO/c1-4-8-16(9-5-2)12-18(13-16)14-17(19)10-6-15(3)7-11-17/h15,19H,4-14H2,1-3H3.